The molecule has 1 aromatic carbocycles. The van der Waals surface area contributed by atoms with Crippen LogP contribution >= 0.6 is 0 Å². The van der Waals surface area contributed by atoms with E-state index in [2.05, 4.69) is 0 Å². The van der Waals surface area contributed by atoms with Crippen molar-refractivity contribution in [3.05, 3.63) is 29.3 Å². The molecule has 0 aliphatic heterocycles. The first-order valence-corrected chi connectivity index (χ1v) is 12.4. The summed E-state index contributed by atoms with van der Waals surface area (Å²) in [4.78, 5) is 12.8. The molecule has 2 fully saturated rings. The van der Waals surface area contributed by atoms with Crippen LogP contribution in [-0.4, -0.2) is 31.8 Å². The zero-order valence-corrected chi connectivity index (χ0v) is 18.3. The van der Waals surface area contributed by atoms with E-state index in [0.29, 0.717) is 12.3 Å². The molecule has 0 saturated heterocycles. The predicted molar refractivity (Wildman–Crippen MR) is 112 cm³/mol. The zero-order valence-electron chi connectivity index (χ0n) is 17.4. The Kier molecular flexibility index (Phi) is 6.85. The minimum absolute atomic E-state index is 0.0649. The van der Waals surface area contributed by atoms with E-state index in [1.165, 1.54) is 12.8 Å². The van der Waals surface area contributed by atoms with E-state index < -0.39 is 9.84 Å². The van der Waals surface area contributed by atoms with Crippen molar-refractivity contribution in [1.29, 1.82) is 0 Å². The van der Waals surface area contributed by atoms with Crippen LogP contribution in [0.3, 0.4) is 0 Å². The van der Waals surface area contributed by atoms with Crippen LogP contribution in [0.4, 0.5) is 0 Å². The van der Waals surface area contributed by atoms with E-state index in [1.54, 1.807) is 13.8 Å². The molecule has 5 heteroatoms. The third-order valence-electron chi connectivity index (χ3n) is 6.29. The van der Waals surface area contributed by atoms with Gasteiger partial charge >= 0.3 is 0 Å². The highest BCUT2D eigenvalue weighted by molar-refractivity contribution is 7.91. The van der Waals surface area contributed by atoms with Crippen molar-refractivity contribution in [2.45, 2.75) is 71.0 Å². The third kappa shape index (κ3) is 5.82. The number of carbonyl (C=O) groups is 1. The Balaban J connectivity index is 1.51. The van der Waals surface area contributed by atoms with Crippen LogP contribution in [0.1, 0.15) is 63.5 Å². The number of hydrogen-bond donors (Lipinski definition) is 0. The zero-order chi connectivity index (χ0) is 20.3. The minimum atomic E-state index is -3.00. The molecular weight excluding hydrogens is 372 g/mol. The summed E-state index contributed by atoms with van der Waals surface area (Å²) < 4.78 is 30.2. The Morgan fingerprint density at radius 1 is 1.07 bits per heavy atom. The molecule has 0 N–H and O–H groups in total. The van der Waals surface area contributed by atoms with E-state index in [4.69, 9.17) is 4.74 Å². The molecule has 3 rings (SSSR count). The van der Waals surface area contributed by atoms with Gasteiger partial charge in [0.25, 0.3) is 0 Å². The lowest BCUT2D eigenvalue weighted by Gasteiger charge is -2.28. The van der Waals surface area contributed by atoms with Crippen molar-refractivity contribution in [2.75, 3.05) is 12.4 Å². The molecule has 0 unspecified atom stereocenters. The highest BCUT2D eigenvalue weighted by atomic mass is 32.2. The van der Waals surface area contributed by atoms with E-state index in [9.17, 15) is 13.2 Å². The maximum absolute atomic E-state index is 12.8. The molecule has 0 amide bonds. The lowest BCUT2D eigenvalue weighted by atomic mass is 9.79. The van der Waals surface area contributed by atoms with Crippen molar-refractivity contribution < 1.29 is 17.9 Å². The van der Waals surface area contributed by atoms with Gasteiger partial charge < -0.3 is 4.74 Å². The fourth-order valence-corrected chi connectivity index (χ4v) is 5.30. The molecule has 1 aromatic rings. The van der Waals surface area contributed by atoms with E-state index in [-0.39, 0.29) is 28.6 Å². The molecule has 156 valence electrons. The molecule has 0 radical (unpaired) electrons. The van der Waals surface area contributed by atoms with Gasteiger partial charge in [-0.05, 0) is 88.3 Å². The minimum Gasteiger partial charge on any atom is -0.493 e. The van der Waals surface area contributed by atoms with Gasteiger partial charge in [0.1, 0.15) is 11.5 Å². The first-order chi connectivity index (χ1) is 13.2. The van der Waals surface area contributed by atoms with Crippen molar-refractivity contribution in [3.63, 3.8) is 0 Å². The quantitative estimate of drug-likeness (QED) is 0.605. The second-order valence-electron chi connectivity index (χ2n) is 9.09. The van der Waals surface area contributed by atoms with Crippen molar-refractivity contribution in [2.24, 2.45) is 17.8 Å². The Hall–Kier alpha value is -1.36. The van der Waals surface area contributed by atoms with Crippen LogP contribution in [0.25, 0.3) is 0 Å². The van der Waals surface area contributed by atoms with Crippen LogP contribution in [0, 0.1) is 24.7 Å². The van der Waals surface area contributed by atoms with E-state index in [0.717, 1.165) is 49.2 Å². The Bertz CT molecular complexity index is 785. The average Bonchev–Trinajstić information content (AvgIpc) is 3.46. The van der Waals surface area contributed by atoms with Gasteiger partial charge in [-0.2, -0.15) is 0 Å². The van der Waals surface area contributed by atoms with Gasteiger partial charge in [0.15, 0.2) is 9.84 Å². The van der Waals surface area contributed by atoms with Gasteiger partial charge in [-0.25, -0.2) is 8.42 Å². The first-order valence-electron chi connectivity index (χ1n) is 10.7. The second-order valence-corrected chi connectivity index (χ2v) is 11.7. The molecular formula is C23H34O4S. The SMILES string of the molecule is Cc1ccc(CC(=O)C2CCC(CS(=O)(=O)C(C)C)CC2)cc1OCC1CC1. The topological polar surface area (TPSA) is 60.4 Å². The van der Waals surface area contributed by atoms with Crippen LogP contribution in [0.2, 0.25) is 0 Å². The number of ketones is 1. The third-order valence-corrected chi connectivity index (χ3v) is 8.66. The molecule has 0 spiro atoms. The van der Waals surface area contributed by atoms with Crippen LogP contribution in [0.15, 0.2) is 18.2 Å². The molecule has 2 saturated carbocycles. The number of aryl methyl sites for hydroxylation is 1. The lowest BCUT2D eigenvalue weighted by Crippen LogP contribution is -2.29. The number of hydrogen-bond acceptors (Lipinski definition) is 4. The summed E-state index contributed by atoms with van der Waals surface area (Å²) in [5.41, 5.74) is 2.13. The van der Waals surface area contributed by atoms with Crippen LogP contribution < -0.4 is 4.74 Å². The summed E-state index contributed by atoms with van der Waals surface area (Å²) in [6, 6.07) is 6.09. The summed E-state index contributed by atoms with van der Waals surface area (Å²) in [6.45, 7) is 6.31. The maximum atomic E-state index is 12.8. The van der Waals surface area contributed by atoms with Gasteiger partial charge in [-0.15, -0.1) is 0 Å². The fourth-order valence-electron chi connectivity index (χ4n) is 3.92. The molecule has 2 aliphatic carbocycles. The highest BCUT2D eigenvalue weighted by Crippen LogP contribution is 2.33. The van der Waals surface area contributed by atoms with Crippen LogP contribution in [0.5, 0.6) is 5.75 Å². The highest BCUT2D eigenvalue weighted by Gasteiger charge is 2.30. The summed E-state index contributed by atoms with van der Waals surface area (Å²) in [7, 11) is -3.00. The molecule has 0 atom stereocenters. The number of Topliss-reactive ketones (excluding diaryl/α,β-unsaturated/α-hetero) is 1. The molecule has 2 aliphatic rings. The van der Waals surface area contributed by atoms with Crippen LogP contribution in [-0.2, 0) is 21.1 Å². The standard InChI is InChI=1S/C23H34O4S/c1-16(2)28(25,26)15-19-8-10-21(11-9-19)22(24)12-20-5-4-17(3)23(13-20)27-14-18-6-7-18/h4-5,13,16,18-19,21H,6-12,14-15H2,1-3H3. The summed E-state index contributed by atoms with van der Waals surface area (Å²) >= 11 is 0. The summed E-state index contributed by atoms with van der Waals surface area (Å²) in [5, 5.41) is -0.315. The van der Waals surface area contributed by atoms with E-state index >= 15 is 0 Å². The van der Waals surface area contributed by atoms with E-state index in [1.807, 2.05) is 25.1 Å². The van der Waals surface area contributed by atoms with Gasteiger partial charge in [0, 0.05) is 12.3 Å². The molecule has 4 nitrogen and oxygen atoms in total. The largest absolute Gasteiger partial charge is 0.493 e. The monoisotopic (exact) mass is 406 g/mol. The Morgan fingerprint density at radius 2 is 1.71 bits per heavy atom. The number of benzene rings is 1. The molecule has 0 aromatic heterocycles. The smallest absolute Gasteiger partial charge is 0.152 e. The number of sulfone groups is 1. The Morgan fingerprint density at radius 3 is 2.32 bits per heavy atom. The van der Waals surface area contributed by atoms with Gasteiger partial charge in [0.05, 0.1) is 17.6 Å². The first kappa shape index (κ1) is 21.4. The van der Waals surface area contributed by atoms with Gasteiger partial charge in [0.2, 0.25) is 0 Å². The predicted octanol–water partition coefficient (Wildman–Crippen LogP) is 4.53. The van der Waals surface area contributed by atoms with Crippen molar-refractivity contribution in [3.8, 4) is 5.75 Å². The van der Waals surface area contributed by atoms with Crippen molar-refractivity contribution >= 4 is 15.6 Å². The van der Waals surface area contributed by atoms with Gasteiger partial charge in [-0.3, -0.25) is 4.79 Å². The number of carbonyl (C=O) groups excluding carboxylic acids is 1. The summed E-state index contributed by atoms with van der Waals surface area (Å²) in [6.07, 6.45) is 6.27. The van der Waals surface area contributed by atoms with Gasteiger partial charge in [-0.1, -0.05) is 12.1 Å². The second kappa shape index (κ2) is 8.98. The molecule has 0 heterocycles. The normalized spacial score (nSPS) is 23.0. The average molecular weight is 407 g/mol. The Labute approximate surface area is 170 Å². The molecule has 0 bridgehead atoms. The number of ether oxygens (including phenoxy) is 1. The fraction of sp³-hybridized carbons (Fsp3) is 0.696. The van der Waals surface area contributed by atoms with Crippen molar-refractivity contribution in [1.82, 2.24) is 0 Å². The number of rotatable bonds is 9. The molecule has 28 heavy (non-hydrogen) atoms. The lowest BCUT2D eigenvalue weighted by molar-refractivity contribution is -0.123. The summed E-state index contributed by atoms with van der Waals surface area (Å²) in [5.74, 6) is 2.43. The maximum Gasteiger partial charge on any atom is 0.152 e.